The summed E-state index contributed by atoms with van der Waals surface area (Å²) in [7, 11) is 0. The summed E-state index contributed by atoms with van der Waals surface area (Å²) in [6.07, 6.45) is 0. The predicted molar refractivity (Wildman–Crippen MR) is 67.5 cm³/mol. The molecule has 1 atom stereocenters. The van der Waals surface area contributed by atoms with Gasteiger partial charge in [0.2, 0.25) is 0 Å². The minimum atomic E-state index is 0.382. The van der Waals surface area contributed by atoms with Crippen LogP contribution in [0.15, 0.2) is 41.8 Å². The Hall–Kier alpha value is -1.28. The van der Waals surface area contributed by atoms with Gasteiger partial charge in [0.1, 0.15) is 0 Å². The molecule has 0 saturated heterocycles. The molecule has 0 spiro atoms. The fourth-order valence-electron chi connectivity index (χ4n) is 1.68. The molecule has 15 heavy (non-hydrogen) atoms. The van der Waals surface area contributed by atoms with E-state index in [1.807, 2.05) is 17.4 Å². The van der Waals surface area contributed by atoms with Gasteiger partial charge < -0.3 is 5.32 Å². The second kappa shape index (κ2) is 4.49. The van der Waals surface area contributed by atoms with Crippen LogP contribution in [0.4, 0.5) is 5.69 Å². The SMILES string of the molecule is Cc1ccsc1C(C)Nc1ccccc1. The van der Waals surface area contributed by atoms with Crippen molar-refractivity contribution >= 4 is 17.0 Å². The Bertz CT molecular complexity index is 419. The van der Waals surface area contributed by atoms with E-state index >= 15 is 0 Å². The van der Waals surface area contributed by atoms with Crippen LogP contribution in [0.2, 0.25) is 0 Å². The Morgan fingerprint density at radius 1 is 1.13 bits per heavy atom. The van der Waals surface area contributed by atoms with E-state index in [9.17, 15) is 0 Å². The molecule has 0 aliphatic carbocycles. The minimum Gasteiger partial charge on any atom is -0.378 e. The molecule has 2 rings (SSSR count). The van der Waals surface area contributed by atoms with Gasteiger partial charge >= 0.3 is 0 Å². The summed E-state index contributed by atoms with van der Waals surface area (Å²) in [5.41, 5.74) is 2.55. The average molecular weight is 217 g/mol. The fraction of sp³-hybridized carbons (Fsp3) is 0.231. The van der Waals surface area contributed by atoms with Crippen molar-refractivity contribution in [3.63, 3.8) is 0 Å². The molecule has 1 heterocycles. The molecule has 1 unspecified atom stereocenters. The molecule has 0 radical (unpaired) electrons. The quantitative estimate of drug-likeness (QED) is 0.811. The second-order valence-electron chi connectivity index (χ2n) is 3.70. The van der Waals surface area contributed by atoms with Gasteiger partial charge in [-0.25, -0.2) is 0 Å². The topological polar surface area (TPSA) is 12.0 Å². The standard InChI is InChI=1S/C13H15NS/c1-10-8-9-15-13(10)11(2)14-12-6-4-3-5-7-12/h3-9,11,14H,1-2H3. The van der Waals surface area contributed by atoms with Crippen molar-refractivity contribution in [2.24, 2.45) is 0 Å². The number of hydrogen-bond donors (Lipinski definition) is 1. The summed E-state index contributed by atoms with van der Waals surface area (Å²) in [4.78, 5) is 1.42. The molecule has 0 amide bonds. The molecule has 1 nitrogen and oxygen atoms in total. The zero-order valence-corrected chi connectivity index (χ0v) is 9.84. The van der Waals surface area contributed by atoms with Crippen LogP contribution in [0, 0.1) is 6.92 Å². The van der Waals surface area contributed by atoms with E-state index in [2.05, 4.69) is 54.9 Å². The van der Waals surface area contributed by atoms with E-state index in [-0.39, 0.29) is 0 Å². The minimum absolute atomic E-state index is 0.382. The summed E-state index contributed by atoms with van der Waals surface area (Å²) in [6.45, 7) is 4.36. The van der Waals surface area contributed by atoms with E-state index in [1.54, 1.807) is 0 Å². The first-order chi connectivity index (χ1) is 7.27. The highest BCUT2D eigenvalue weighted by atomic mass is 32.1. The summed E-state index contributed by atoms with van der Waals surface area (Å²) in [5.74, 6) is 0. The van der Waals surface area contributed by atoms with Crippen LogP contribution in [-0.2, 0) is 0 Å². The maximum absolute atomic E-state index is 3.50. The Morgan fingerprint density at radius 2 is 1.87 bits per heavy atom. The van der Waals surface area contributed by atoms with E-state index in [1.165, 1.54) is 16.1 Å². The van der Waals surface area contributed by atoms with E-state index in [0.29, 0.717) is 6.04 Å². The van der Waals surface area contributed by atoms with Crippen molar-refractivity contribution in [1.29, 1.82) is 0 Å². The molecule has 1 aromatic carbocycles. The number of anilines is 1. The lowest BCUT2D eigenvalue weighted by atomic mass is 10.2. The monoisotopic (exact) mass is 217 g/mol. The van der Waals surface area contributed by atoms with E-state index in [4.69, 9.17) is 0 Å². The van der Waals surface area contributed by atoms with Crippen molar-refractivity contribution in [3.05, 3.63) is 52.2 Å². The molecule has 2 aromatic rings. The molecular formula is C13H15NS. The first-order valence-electron chi connectivity index (χ1n) is 5.13. The van der Waals surface area contributed by atoms with Gasteiger partial charge in [-0.05, 0) is 43.0 Å². The largest absolute Gasteiger partial charge is 0.378 e. The molecule has 78 valence electrons. The lowest BCUT2D eigenvalue weighted by molar-refractivity contribution is 0.899. The lowest BCUT2D eigenvalue weighted by Gasteiger charge is -2.14. The van der Waals surface area contributed by atoms with Gasteiger partial charge in [-0.1, -0.05) is 18.2 Å². The molecule has 0 fully saturated rings. The summed E-state index contributed by atoms with van der Waals surface area (Å²) < 4.78 is 0. The van der Waals surface area contributed by atoms with Crippen LogP contribution in [0.3, 0.4) is 0 Å². The normalized spacial score (nSPS) is 12.4. The van der Waals surface area contributed by atoms with Crippen LogP contribution >= 0.6 is 11.3 Å². The maximum Gasteiger partial charge on any atom is 0.0581 e. The molecular weight excluding hydrogens is 202 g/mol. The first-order valence-corrected chi connectivity index (χ1v) is 6.01. The van der Waals surface area contributed by atoms with Crippen LogP contribution in [0.25, 0.3) is 0 Å². The van der Waals surface area contributed by atoms with Gasteiger partial charge in [0.15, 0.2) is 0 Å². The van der Waals surface area contributed by atoms with Gasteiger partial charge in [-0.2, -0.15) is 0 Å². The van der Waals surface area contributed by atoms with Gasteiger partial charge in [0.05, 0.1) is 6.04 Å². The van der Waals surface area contributed by atoms with Crippen molar-refractivity contribution in [1.82, 2.24) is 0 Å². The van der Waals surface area contributed by atoms with Crippen molar-refractivity contribution in [2.75, 3.05) is 5.32 Å². The fourth-order valence-corrected chi connectivity index (χ4v) is 2.61. The van der Waals surface area contributed by atoms with E-state index in [0.717, 1.165) is 0 Å². The van der Waals surface area contributed by atoms with Gasteiger partial charge in [-0.3, -0.25) is 0 Å². The number of para-hydroxylation sites is 1. The molecule has 0 bridgehead atoms. The number of hydrogen-bond acceptors (Lipinski definition) is 2. The molecule has 0 aliphatic rings. The van der Waals surface area contributed by atoms with Gasteiger partial charge in [0.25, 0.3) is 0 Å². The van der Waals surface area contributed by atoms with Crippen LogP contribution in [0.5, 0.6) is 0 Å². The number of rotatable bonds is 3. The van der Waals surface area contributed by atoms with Crippen molar-refractivity contribution in [2.45, 2.75) is 19.9 Å². The molecule has 2 heteroatoms. The highest BCUT2D eigenvalue weighted by Gasteiger charge is 2.08. The highest BCUT2D eigenvalue weighted by Crippen LogP contribution is 2.26. The predicted octanol–water partition coefficient (Wildman–Crippen LogP) is 4.23. The Morgan fingerprint density at radius 3 is 2.47 bits per heavy atom. The Balaban J connectivity index is 2.11. The first kappa shape index (κ1) is 10.2. The maximum atomic E-state index is 3.50. The number of benzene rings is 1. The lowest BCUT2D eigenvalue weighted by Crippen LogP contribution is -2.05. The smallest absolute Gasteiger partial charge is 0.0581 e. The Kier molecular flexibility index (Phi) is 3.07. The summed E-state index contributed by atoms with van der Waals surface area (Å²) >= 11 is 1.81. The van der Waals surface area contributed by atoms with Crippen LogP contribution < -0.4 is 5.32 Å². The van der Waals surface area contributed by atoms with Crippen molar-refractivity contribution in [3.8, 4) is 0 Å². The summed E-state index contributed by atoms with van der Waals surface area (Å²) in [5, 5.41) is 5.64. The zero-order chi connectivity index (χ0) is 10.7. The second-order valence-corrected chi connectivity index (χ2v) is 4.65. The number of thiophene rings is 1. The third kappa shape index (κ3) is 2.39. The van der Waals surface area contributed by atoms with Crippen LogP contribution in [0.1, 0.15) is 23.4 Å². The zero-order valence-electron chi connectivity index (χ0n) is 9.03. The molecule has 0 aliphatic heterocycles. The molecule has 0 saturated carbocycles. The van der Waals surface area contributed by atoms with Crippen molar-refractivity contribution < 1.29 is 0 Å². The summed E-state index contributed by atoms with van der Waals surface area (Å²) in [6, 6.07) is 12.9. The Labute approximate surface area is 94.8 Å². The average Bonchev–Trinajstić information content (AvgIpc) is 2.66. The highest BCUT2D eigenvalue weighted by molar-refractivity contribution is 7.10. The molecule has 1 aromatic heterocycles. The third-order valence-electron chi connectivity index (χ3n) is 2.45. The van der Waals surface area contributed by atoms with Gasteiger partial charge in [0, 0.05) is 10.6 Å². The third-order valence-corrected chi connectivity index (χ3v) is 3.65. The van der Waals surface area contributed by atoms with E-state index < -0.39 is 0 Å². The number of nitrogens with one attached hydrogen (secondary N) is 1. The molecule has 1 N–H and O–H groups in total. The number of aryl methyl sites for hydroxylation is 1. The van der Waals surface area contributed by atoms with Gasteiger partial charge in [-0.15, -0.1) is 11.3 Å². The van der Waals surface area contributed by atoms with Crippen LogP contribution in [-0.4, -0.2) is 0 Å².